The number of ether oxygens (including phenoxy) is 1. The summed E-state index contributed by atoms with van der Waals surface area (Å²) in [5.74, 6) is 1.02. The molecule has 1 aliphatic heterocycles. The molecule has 2 unspecified atom stereocenters. The van der Waals surface area contributed by atoms with Gasteiger partial charge in [0.15, 0.2) is 0 Å². The van der Waals surface area contributed by atoms with Crippen molar-refractivity contribution in [1.82, 2.24) is 0 Å². The van der Waals surface area contributed by atoms with Crippen LogP contribution in [0.4, 0.5) is 0 Å². The molecule has 1 N–H and O–H groups in total. The highest BCUT2D eigenvalue weighted by Gasteiger charge is 2.30. The SMILES string of the molecule is CCc1ccc(CC(O)C2COc3ccccc32)s1. The summed E-state index contributed by atoms with van der Waals surface area (Å²) in [6.07, 6.45) is 1.41. The Balaban J connectivity index is 1.73. The maximum atomic E-state index is 10.5. The van der Waals surface area contributed by atoms with Gasteiger partial charge in [0.05, 0.1) is 12.7 Å². The zero-order valence-corrected chi connectivity index (χ0v) is 11.8. The molecule has 2 heterocycles. The van der Waals surface area contributed by atoms with E-state index >= 15 is 0 Å². The predicted molar refractivity (Wildman–Crippen MR) is 78.1 cm³/mol. The normalized spacial score (nSPS) is 18.9. The molecule has 0 spiro atoms. The number of hydrogen-bond donors (Lipinski definition) is 1. The average Bonchev–Trinajstić information content (AvgIpc) is 3.04. The maximum absolute atomic E-state index is 10.5. The first kappa shape index (κ1) is 12.7. The van der Waals surface area contributed by atoms with Gasteiger partial charge >= 0.3 is 0 Å². The van der Waals surface area contributed by atoms with Crippen LogP contribution < -0.4 is 4.74 Å². The number of aryl methyl sites for hydroxylation is 1. The zero-order chi connectivity index (χ0) is 13.2. The topological polar surface area (TPSA) is 29.5 Å². The molecule has 1 aliphatic rings. The Hall–Kier alpha value is -1.32. The second-order valence-electron chi connectivity index (χ2n) is 4.95. The van der Waals surface area contributed by atoms with Crippen molar-refractivity contribution in [2.75, 3.05) is 6.61 Å². The molecule has 3 rings (SSSR count). The molecule has 2 nitrogen and oxygen atoms in total. The summed E-state index contributed by atoms with van der Waals surface area (Å²) in [4.78, 5) is 2.64. The number of benzene rings is 1. The second-order valence-corrected chi connectivity index (χ2v) is 6.20. The number of aliphatic hydroxyl groups excluding tert-OH is 1. The Morgan fingerprint density at radius 3 is 2.84 bits per heavy atom. The third kappa shape index (κ3) is 2.53. The molecule has 0 saturated heterocycles. The van der Waals surface area contributed by atoms with Crippen LogP contribution in [0.25, 0.3) is 0 Å². The average molecular weight is 274 g/mol. The molecular weight excluding hydrogens is 256 g/mol. The van der Waals surface area contributed by atoms with Crippen LogP contribution >= 0.6 is 11.3 Å². The smallest absolute Gasteiger partial charge is 0.123 e. The predicted octanol–water partition coefficient (Wildman–Crippen LogP) is 3.39. The summed E-state index contributed by atoms with van der Waals surface area (Å²) in [6, 6.07) is 12.3. The molecule has 2 atom stereocenters. The standard InChI is InChI=1S/C16H18O2S/c1-2-11-7-8-12(19-11)9-15(17)14-10-18-16-6-4-3-5-13(14)16/h3-8,14-15,17H,2,9-10H2,1H3. The highest BCUT2D eigenvalue weighted by atomic mass is 32.1. The fraction of sp³-hybridized carbons (Fsp3) is 0.375. The van der Waals surface area contributed by atoms with Crippen LogP contribution in [-0.2, 0) is 12.8 Å². The van der Waals surface area contributed by atoms with Gasteiger partial charge in [-0.25, -0.2) is 0 Å². The molecular formula is C16H18O2S. The van der Waals surface area contributed by atoms with E-state index in [1.807, 2.05) is 18.2 Å². The Bertz CT molecular complexity index is 561. The van der Waals surface area contributed by atoms with Crippen molar-refractivity contribution < 1.29 is 9.84 Å². The molecule has 0 radical (unpaired) electrons. The number of rotatable bonds is 4. The van der Waals surface area contributed by atoms with Gasteiger partial charge < -0.3 is 9.84 Å². The summed E-state index contributed by atoms with van der Waals surface area (Å²) in [7, 11) is 0. The summed E-state index contributed by atoms with van der Waals surface area (Å²) >= 11 is 1.80. The number of aliphatic hydroxyl groups is 1. The minimum atomic E-state index is -0.369. The number of hydrogen-bond acceptors (Lipinski definition) is 3. The van der Waals surface area contributed by atoms with E-state index in [0.717, 1.165) is 17.7 Å². The summed E-state index contributed by atoms with van der Waals surface area (Å²) < 4.78 is 5.64. The molecule has 0 amide bonds. The van der Waals surface area contributed by atoms with Gasteiger partial charge in [0.25, 0.3) is 0 Å². The Labute approximate surface area is 117 Å². The van der Waals surface area contributed by atoms with E-state index in [4.69, 9.17) is 4.74 Å². The third-order valence-corrected chi connectivity index (χ3v) is 4.93. The highest BCUT2D eigenvalue weighted by Crippen LogP contribution is 2.36. The van der Waals surface area contributed by atoms with Crippen molar-refractivity contribution in [1.29, 1.82) is 0 Å². The van der Waals surface area contributed by atoms with Crippen LogP contribution in [-0.4, -0.2) is 17.8 Å². The quantitative estimate of drug-likeness (QED) is 0.926. The van der Waals surface area contributed by atoms with E-state index in [9.17, 15) is 5.11 Å². The summed E-state index contributed by atoms with van der Waals surface area (Å²) in [5.41, 5.74) is 1.14. The minimum absolute atomic E-state index is 0.100. The first-order chi connectivity index (χ1) is 9.28. The van der Waals surface area contributed by atoms with Gasteiger partial charge in [-0.3, -0.25) is 0 Å². The van der Waals surface area contributed by atoms with Gasteiger partial charge in [-0.15, -0.1) is 11.3 Å². The molecule has 0 fully saturated rings. The lowest BCUT2D eigenvalue weighted by Crippen LogP contribution is -2.21. The highest BCUT2D eigenvalue weighted by molar-refractivity contribution is 7.11. The van der Waals surface area contributed by atoms with Crippen LogP contribution in [0.3, 0.4) is 0 Å². The molecule has 0 bridgehead atoms. The molecule has 19 heavy (non-hydrogen) atoms. The van der Waals surface area contributed by atoms with Crippen LogP contribution in [0.2, 0.25) is 0 Å². The maximum Gasteiger partial charge on any atom is 0.123 e. The Morgan fingerprint density at radius 2 is 2.05 bits per heavy atom. The Morgan fingerprint density at radius 1 is 1.26 bits per heavy atom. The van der Waals surface area contributed by atoms with Crippen molar-refractivity contribution in [2.24, 2.45) is 0 Å². The van der Waals surface area contributed by atoms with Crippen LogP contribution in [0.15, 0.2) is 36.4 Å². The zero-order valence-electron chi connectivity index (χ0n) is 11.0. The van der Waals surface area contributed by atoms with Crippen LogP contribution in [0, 0.1) is 0 Å². The number of para-hydroxylation sites is 1. The fourth-order valence-corrected chi connectivity index (χ4v) is 3.58. The molecule has 3 heteroatoms. The monoisotopic (exact) mass is 274 g/mol. The molecule has 1 aromatic carbocycles. The van der Waals surface area contributed by atoms with Crippen molar-refractivity contribution in [3.05, 3.63) is 51.7 Å². The number of thiophene rings is 1. The molecule has 2 aromatic rings. The minimum Gasteiger partial charge on any atom is -0.493 e. The van der Waals surface area contributed by atoms with Crippen molar-refractivity contribution >= 4 is 11.3 Å². The molecule has 0 aliphatic carbocycles. The largest absolute Gasteiger partial charge is 0.493 e. The van der Waals surface area contributed by atoms with E-state index < -0.39 is 0 Å². The summed E-state index contributed by atoms with van der Waals surface area (Å²) in [6.45, 7) is 2.75. The van der Waals surface area contributed by atoms with E-state index in [-0.39, 0.29) is 12.0 Å². The molecule has 100 valence electrons. The third-order valence-electron chi connectivity index (χ3n) is 3.68. The van der Waals surface area contributed by atoms with E-state index in [2.05, 4.69) is 25.1 Å². The van der Waals surface area contributed by atoms with Crippen LogP contribution in [0.1, 0.15) is 28.2 Å². The van der Waals surface area contributed by atoms with Gasteiger partial charge in [0.1, 0.15) is 5.75 Å². The van der Waals surface area contributed by atoms with Gasteiger partial charge in [-0.05, 0) is 24.6 Å². The van der Waals surface area contributed by atoms with E-state index in [1.54, 1.807) is 11.3 Å². The van der Waals surface area contributed by atoms with Crippen LogP contribution in [0.5, 0.6) is 5.75 Å². The molecule has 0 saturated carbocycles. The van der Waals surface area contributed by atoms with Gasteiger partial charge in [-0.2, -0.15) is 0 Å². The lowest BCUT2D eigenvalue weighted by Gasteiger charge is -2.16. The van der Waals surface area contributed by atoms with Gasteiger partial charge in [0, 0.05) is 27.7 Å². The fourth-order valence-electron chi connectivity index (χ4n) is 2.58. The lowest BCUT2D eigenvalue weighted by molar-refractivity contribution is 0.130. The van der Waals surface area contributed by atoms with Crippen molar-refractivity contribution in [3.63, 3.8) is 0 Å². The second kappa shape index (κ2) is 5.35. The van der Waals surface area contributed by atoms with Crippen molar-refractivity contribution in [3.8, 4) is 5.75 Å². The molecule has 1 aromatic heterocycles. The lowest BCUT2D eigenvalue weighted by atomic mass is 9.93. The van der Waals surface area contributed by atoms with Gasteiger partial charge in [0.2, 0.25) is 0 Å². The first-order valence-electron chi connectivity index (χ1n) is 6.75. The van der Waals surface area contributed by atoms with E-state index in [1.165, 1.54) is 9.75 Å². The Kier molecular flexibility index (Phi) is 3.58. The first-order valence-corrected chi connectivity index (χ1v) is 7.57. The van der Waals surface area contributed by atoms with E-state index in [0.29, 0.717) is 13.0 Å². The summed E-state index contributed by atoms with van der Waals surface area (Å²) in [5, 5.41) is 10.5. The van der Waals surface area contributed by atoms with Crippen molar-refractivity contribution in [2.45, 2.75) is 31.8 Å². The van der Waals surface area contributed by atoms with Gasteiger partial charge in [-0.1, -0.05) is 25.1 Å². The number of fused-ring (bicyclic) bond motifs is 1.